The summed E-state index contributed by atoms with van der Waals surface area (Å²) in [4.78, 5) is 11.2. The first-order chi connectivity index (χ1) is 5.68. The summed E-state index contributed by atoms with van der Waals surface area (Å²) in [6.45, 7) is 0. The molecule has 0 aliphatic rings. The van der Waals surface area contributed by atoms with Crippen LogP contribution in [0, 0.1) is 7.14 Å². The first-order valence-electron chi connectivity index (χ1n) is 3.24. The number of H-pyrrole nitrogens is 2. The number of fused-ring (bicyclic) bond motifs is 1. The SMILES string of the molecule is O=c1[nH][nH]c2cc(I)cc(I)c12. The van der Waals surface area contributed by atoms with Gasteiger partial charge in [0.2, 0.25) is 0 Å². The normalized spacial score (nSPS) is 10.8. The molecule has 12 heavy (non-hydrogen) atoms. The molecule has 0 fully saturated rings. The molecule has 2 aromatic rings. The molecule has 0 bridgehead atoms. The van der Waals surface area contributed by atoms with Crippen LogP contribution in [0.2, 0.25) is 0 Å². The van der Waals surface area contributed by atoms with E-state index >= 15 is 0 Å². The molecule has 0 saturated carbocycles. The summed E-state index contributed by atoms with van der Waals surface area (Å²) >= 11 is 4.38. The van der Waals surface area contributed by atoms with Gasteiger partial charge in [0.05, 0.1) is 10.9 Å². The quantitative estimate of drug-likeness (QED) is 0.670. The molecular formula is C7H4I2N2O. The number of rotatable bonds is 0. The number of halogens is 2. The van der Waals surface area contributed by atoms with Gasteiger partial charge in [0.25, 0.3) is 5.56 Å². The molecule has 2 N–H and O–H groups in total. The lowest BCUT2D eigenvalue weighted by atomic mass is 10.3. The fraction of sp³-hybridized carbons (Fsp3) is 0. The predicted molar refractivity (Wildman–Crippen MR) is 64.4 cm³/mol. The second-order valence-corrected chi connectivity index (χ2v) is 4.80. The van der Waals surface area contributed by atoms with Gasteiger partial charge in [0.15, 0.2) is 0 Å². The molecular weight excluding hydrogens is 382 g/mol. The summed E-state index contributed by atoms with van der Waals surface area (Å²) in [5, 5.41) is 6.12. The van der Waals surface area contributed by atoms with E-state index in [1.54, 1.807) is 0 Å². The van der Waals surface area contributed by atoms with E-state index < -0.39 is 0 Å². The van der Waals surface area contributed by atoms with Gasteiger partial charge >= 0.3 is 0 Å². The Labute approximate surface area is 95.2 Å². The Morgan fingerprint density at radius 3 is 2.67 bits per heavy atom. The summed E-state index contributed by atoms with van der Waals surface area (Å²) < 4.78 is 2.11. The van der Waals surface area contributed by atoms with Crippen LogP contribution in [0.15, 0.2) is 16.9 Å². The Hall–Kier alpha value is -0.0500. The Kier molecular flexibility index (Phi) is 2.15. The van der Waals surface area contributed by atoms with Crippen molar-refractivity contribution in [3.63, 3.8) is 0 Å². The zero-order valence-electron chi connectivity index (χ0n) is 5.82. The van der Waals surface area contributed by atoms with E-state index in [1.807, 2.05) is 12.1 Å². The van der Waals surface area contributed by atoms with Gasteiger partial charge in [-0.2, -0.15) is 0 Å². The van der Waals surface area contributed by atoms with Gasteiger partial charge in [-0.15, -0.1) is 0 Å². The van der Waals surface area contributed by atoms with Gasteiger partial charge in [0, 0.05) is 7.14 Å². The van der Waals surface area contributed by atoms with Crippen molar-refractivity contribution in [1.29, 1.82) is 0 Å². The summed E-state index contributed by atoms with van der Waals surface area (Å²) in [6, 6.07) is 3.92. The van der Waals surface area contributed by atoms with Crippen LogP contribution in [-0.4, -0.2) is 10.2 Å². The first kappa shape index (κ1) is 8.54. The number of aromatic nitrogens is 2. The third kappa shape index (κ3) is 1.28. The summed E-state index contributed by atoms with van der Waals surface area (Å²) in [6.07, 6.45) is 0. The lowest BCUT2D eigenvalue weighted by Crippen LogP contribution is -1.99. The number of hydrogen-bond donors (Lipinski definition) is 2. The summed E-state index contributed by atoms with van der Waals surface area (Å²) in [5.74, 6) is 0. The van der Waals surface area contributed by atoms with Crippen LogP contribution in [0.4, 0.5) is 0 Å². The van der Waals surface area contributed by atoms with Crippen LogP contribution in [0.1, 0.15) is 0 Å². The first-order valence-corrected chi connectivity index (χ1v) is 5.39. The molecule has 1 heterocycles. The largest absolute Gasteiger partial charge is 0.297 e. The van der Waals surface area contributed by atoms with Gasteiger partial charge in [0.1, 0.15) is 0 Å². The molecule has 0 aliphatic carbocycles. The van der Waals surface area contributed by atoms with Gasteiger partial charge < -0.3 is 0 Å². The minimum atomic E-state index is -0.0502. The lowest BCUT2D eigenvalue weighted by Gasteiger charge is -1.93. The van der Waals surface area contributed by atoms with Crippen molar-refractivity contribution < 1.29 is 0 Å². The van der Waals surface area contributed by atoms with Crippen LogP contribution < -0.4 is 5.56 Å². The number of hydrogen-bond acceptors (Lipinski definition) is 1. The molecule has 3 nitrogen and oxygen atoms in total. The molecule has 5 heteroatoms. The Bertz CT molecular complexity index is 486. The molecule has 0 unspecified atom stereocenters. The number of benzene rings is 1. The Morgan fingerprint density at radius 2 is 1.92 bits per heavy atom. The third-order valence-electron chi connectivity index (χ3n) is 1.59. The highest BCUT2D eigenvalue weighted by Gasteiger charge is 2.05. The van der Waals surface area contributed by atoms with E-state index in [4.69, 9.17) is 0 Å². The van der Waals surface area contributed by atoms with Crippen molar-refractivity contribution in [3.8, 4) is 0 Å². The molecule has 0 spiro atoms. The summed E-state index contributed by atoms with van der Waals surface area (Å²) in [5.41, 5.74) is 0.821. The zero-order valence-corrected chi connectivity index (χ0v) is 10.1. The maximum absolute atomic E-state index is 11.2. The standard InChI is InChI=1S/C7H4I2N2O/c8-3-1-4(9)6-5(2-3)10-11-7(6)12/h1-2H,(H2,10,11,12). The highest BCUT2D eigenvalue weighted by atomic mass is 127. The lowest BCUT2D eigenvalue weighted by molar-refractivity contribution is 1.08. The molecule has 0 saturated heterocycles. The number of nitrogens with one attached hydrogen (secondary N) is 2. The van der Waals surface area contributed by atoms with Gasteiger partial charge in [-0.25, -0.2) is 0 Å². The van der Waals surface area contributed by atoms with Gasteiger partial charge in [-0.3, -0.25) is 15.0 Å². The predicted octanol–water partition coefficient (Wildman–Crippen LogP) is 2.07. The smallest absolute Gasteiger partial charge is 0.272 e. The minimum Gasteiger partial charge on any atom is -0.297 e. The monoisotopic (exact) mass is 386 g/mol. The summed E-state index contributed by atoms with van der Waals surface area (Å²) in [7, 11) is 0. The number of aromatic amines is 2. The molecule has 0 atom stereocenters. The van der Waals surface area contributed by atoms with Crippen molar-refractivity contribution in [2.75, 3.05) is 0 Å². The van der Waals surface area contributed by atoms with Crippen molar-refractivity contribution in [1.82, 2.24) is 10.2 Å². The Morgan fingerprint density at radius 1 is 1.17 bits per heavy atom. The average molecular weight is 386 g/mol. The van der Waals surface area contributed by atoms with Crippen LogP contribution in [-0.2, 0) is 0 Å². The molecule has 2 rings (SSSR count). The second kappa shape index (κ2) is 3.02. The van der Waals surface area contributed by atoms with Crippen molar-refractivity contribution >= 4 is 56.1 Å². The van der Waals surface area contributed by atoms with Gasteiger partial charge in [-0.05, 0) is 57.3 Å². The van der Waals surface area contributed by atoms with Crippen LogP contribution >= 0.6 is 45.2 Å². The van der Waals surface area contributed by atoms with E-state index in [-0.39, 0.29) is 5.56 Å². The van der Waals surface area contributed by atoms with Crippen molar-refractivity contribution in [3.05, 3.63) is 29.6 Å². The maximum atomic E-state index is 11.2. The van der Waals surface area contributed by atoms with Gasteiger partial charge in [-0.1, -0.05) is 0 Å². The maximum Gasteiger partial charge on any atom is 0.272 e. The van der Waals surface area contributed by atoms with E-state index in [2.05, 4.69) is 55.4 Å². The van der Waals surface area contributed by atoms with E-state index in [0.29, 0.717) is 0 Å². The molecule has 0 radical (unpaired) electrons. The van der Waals surface area contributed by atoms with Crippen LogP contribution in [0.5, 0.6) is 0 Å². The molecule has 0 amide bonds. The molecule has 1 aromatic heterocycles. The molecule has 62 valence electrons. The molecule has 1 aromatic carbocycles. The van der Waals surface area contributed by atoms with Crippen LogP contribution in [0.3, 0.4) is 0 Å². The average Bonchev–Trinajstić information content (AvgIpc) is 2.31. The van der Waals surface area contributed by atoms with Crippen molar-refractivity contribution in [2.45, 2.75) is 0 Å². The second-order valence-electron chi connectivity index (χ2n) is 2.39. The third-order valence-corrected chi connectivity index (χ3v) is 3.07. The van der Waals surface area contributed by atoms with Crippen molar-refractivity contribution in [2.24, 2.45) is 0 Å². The topological polar surface area (TPSA) is 48.6 Å². The Balaban J connectivity index is 3.03. The van der Waals surface area contributed by atoms with E-state index in [0.717, 1.165) is 18.0 Å². The van der Waals surface area contributed by atoms with Crippen LogP contribution in [0.25, 0.3) is 10.9 Å². The van der Waals surface area contributed by atoms with E-state index in [9.17, 15) is 4.79 Å². The molecule has 0 aliphatic heterocycles. The fourth-order valence-electron chi connectivity index (χ4n) is 1.09. The zero-order chi connectivity index (χ0) is 8.72. The minimum absolute atomic E-state index is 0.0502. The fourth-order valence-corrected chi connectivity index (χ4v) is 3.18. The highest BCUT2D eigenvalue weighted by Crippen LogP contribution is 2.18. The van der Waals surface area contributed by atoms with E-state index in [1.165, 1.54) is 0 Å². The highest BCUT2D eigenvalue weighted by molar-refractivity contribution is 14.1.